The minimum absolute atomic E-state index is 0.0184. The second kappa shape index (κ2) is 7.13. The quantitative estimate of drug-likeness (QED) is 0.882. The van der Waals surface area contributed by atoms with Crippen molar-refractivity contribution in [1.82, 2.24) is 9.80 Å². The van der Waals surface area contributed by atoms with E-state index in [2.05, 4.69) is 5.32 Å². The lowest BCUT2D eigenvalue weighted by Crippen LogP contribution is -2.51. The lowest BCUT2D eigenvalue weighted by atomic mass is 10.1. The number of hydrogen-bond donors (Lipinski definition) is 1. The number of carbonyl (C=O) groups excluding carboxylic acids is 3. The van der Waals surface area contributed by atoms with Crippen molar-refractivity contribution in [2.45, 2.75) is 20.3 Å². The minimum Gasteiger partial charge on any atom is -0.482 e. The third kappa shape index (κ3) is 3.92. The topological polar surface area (TPSA) is 79.0 Å². The van der Waals surface area contributed by atoms with E-state index in [1.807, 2.05) is 24.8 Å². The Morgan fingerprint density at radius 3 is 2.52 bits per heavy atom. The van der Waals surface area contributed by atoms with Crippen molar-refractivity contribution in [3.8, 4) is 5.75 Å². The Morgan fingerprint density at radius 2 is 1.84 bits per heavy atom. The molecule has 0 atom stereocenters. The maximum Gasteiger partial charge on any atom is 0.262 e. The second-order valence-corrected chi connectivity index (χ2v) is 6.70. The van der Waals surface area contributed by atoms with Gasteiger partial charge < -0.3 is 19.9 Å². The van der Waals surface area contributed by atoms with Crippen molar-refractivity contribution >= 4 is 23.4 Å². The molecule has 0 unspecified atom stereocenters. The molecule has 3 rings (SSSR count). The van der Waals surface area contributed by atoms with Crippen LogP contribution in [0, 0.1) is 5.92 Å². The zero-order chi connectivity index (χ0) is 18.0. The molecule has 2 aliphatic heterocycles. The van der Waals surface area contributed by atoms with Gasteiger partial charge in [-0.25, -0.2) is 0 Å². The number of piperazine rings is 1. The lowest BCUT2D eigenvalue weighted by molar-refractivity contribution is -0.141. The van der Waals surface area contributed by atoms with Crippen LogP contribution in [-0.2, 0) is 20.8 Å². The molecule has 0 bridgehead atoms. The van der Waals surface area contributed by atoms with Crippen molar-refractivity contribution in [2.75, 3.05) is 38.1 Å². The highest BCUT2D eigenvalue weighted by atomic mass is 16.5. The van der Waals surface area contributed by atoms with E-state index >= 15 is 0 Å². The third-order valence-corrected chi connectivity index (χ3v) is 4.47. The molecular formula is C18H23N3O4. The van der Waals surface area contributed by atoms with E-state index in [1.165, 1.54) is 0 Å². The summed E-state index contributed by atoms with van der Waals surface area (Å²) in [6.45, 7) is 6.07. The van der Waals surface area contributed by atoms with E-state index < -0.39 is 0 Å². The van der Waals surface area contributed by atoms with Crippen LogP contribution >= 0.6 is 0 Å². The molecule has 1 fully saturated rings. The van der Waals surface area contributed by atoms with Crippen LogP contribution in [0.4, 0.5) is 5.69 Å². The van der Waals surface area contributed by atoms with Gasteiger partial charge in [0.1, 0.15) is 5.75 Å². The molecule has 1 N–H and O–H groups in total. The lowest BCUT2D eigenvalue weighted by Gasteiger charge is -2.35. The van der Waals surface area contributed by atoms with Crippen LogP contribution in [0.2, 0.25) is 0 Å². The minimum atomic E-state index is -0.193. The van der Waals surface area contributed by atoms with Gasteiger partial charge in [-0.3, -0.25) is 14.4 Å². The number of fused-ring (bicyclic) bond motifs is 1. The highest BCUT2D eigenvalue weighted by Gasteiger charge is 2.25. The van der Waals surface area contributed by atoms with Crippen molar-refractivity contribution in [3.05, 3.63) is 23.8 Å². The molecule has 0 aromatic heterocycles. The van der Waals surface area contributed by atoms with Gasteiger partial charge >= 0.3 is 0 Å². The van der Waals surface area contributed by atoms with Crippen molar-refractivity contribution < 1.29 is 19.1 Å². The van der Waals surface area contributed by atoms with Crippen molar-refractivity contribution in [3.63, 3.8) is 0 Å². The molecular weight excluding hydrogens is 322 g/mol. The van der Waals surface area contributed by atoms with Crippen molar-refractivity contribution in [1.29, 1.82) is 0 Å². The first kappa shape index (κ1) is 17.3. The van der Waals surface area contributed by atoms with Crippen LogP contribution in [-0.4, -0.2) is 60.3 Å². The highest BCUT2D eigenvalue weighted by Crippen LogP contribution is 2.28. The summed E-state index contributed by atoms with van der Waals surface area (Å²) in [5.41, 5.74) is 1.43. The van der Waals surface area contributed by atoms with Gasteiger partial charge in [-0.2, -0.15) is 0 Å². The number of amides is 3. The van der Waals surface area contributed by atoms with Gasteiger partial charge in [0.2, 0.25) is 11.8 Å². The number of benzene rings is 1. The summed E-state index contributed by atoms with van der Waals surface area (Å²) >= 11 is 0. The zero-order valence-electron chi connectivity index (χ0n) is 14.6. The number of carbonyl (C=O) groups is 3. The van der Waals surface area contributed by atoms with E-state index in [9.17, 15) is 14.4 Å². The molecule has 7 heteroatoms. The molecule has 0 radical (unpaired) electrons. The molecule has 1 aromatic carbocycles. The molecule has 134 valence electrons. The molecule has 25 heavy (non-hydrogen) atoms. The molecule has 0 spiro atoms. The van der Waals surface area contributed by atoms with Crippen molar-refractivity contribution in [2.24, 2.45) is 5.92 Å². The number of ether oxygens (including phenoxy) is 1. The highest BCUT2D eigenvalue weighted by molar-refractivity contribution is 5.95. The predicted octanol–water partition coefficient (Wildman–Crippen LogP) is 0.887. The number of nitrogens with one attached hydrogen (secondary N) is 1. The molecule has 0 saturated carbocycles. The largest absolute Gasteiger partial charge is 0.482 e. The zero-order valence-corrected chi connectivity index (χ0v) is 14.6. The van der Waals surface area contributed by atoms with Gasteiger partial charge in [0.25, 0.3) is 5.91 Å². The molecule has 1 aromatic rings. The summed E-state index contributed by atoms with van der Waals surface area (Å²) in [4.78, 5) is 39.5. The predicted molar refractivity (Wildman–Crippen MR) is 92.3 cm³/mol. The fourth-order valence-electron chi connectivity index (χ4n) is 3.07. The summed E-state index contributed by atoms with van der Waals surface area (Å²) in [7, 11) is 0. The first-order valence-electron chi connectivity index (χ1n) is 8.56. The van der Waals surface area contributed by atoms with Gasteiger partial charge in [0, 0.05) is 32.1 Å². The molecule has 0 aliphatic carbocycles. The Morgan fingerprint density at radius 1 is 1.16 bits per heavy atom. The van der Waals surface area contributed by atoms with Crippen LogP contribution in [0.15, 0.2) is 18.2 Å². The van der Waals surface area contributed by atoms with Gasteiger partial charge in [0.15, 0.2) is 6.61 Å². The summed E-state index contributed by atoms with van der Waals surface area (Å²) in [5, 5.41) is 2.75. The number of anilines is 1. The Labute approximate surface area is 146 Å². The SMILES string of the molecule is CC(C)C(=O)N1CCN(C(=O)Cc2ccc3c(c2)NC(=O)CO3)CC1. The fourth-order valence-corrected chi connectivity index (χ4v) is 3.07. The Bertz CT molecular complexity index is 694. The maximum absolute atomic E-state index is 12.5. The van der Waals surface area contributed by atoms with E-state index in [0.29, 0.717) is 37.6 Å². The first-order chi connectivity index (χ1) is 11.9. The Balaban J connectivity index is 1.57. The molecule has 2 aliphatic rings. The number of rotatable bonds is 3. The summed E-state index contributed by atoms with van der Waals surface area (Å²) in [5.74, 6) is 0.575. The van der Waals surface area contributed by atoms with Crippen LogP contribution < -0.4 is 10.1 Å². The Hall–Kier alpha value is -2.57. The van der Waals surface area contributed by atoms with Crippen LogP contribution in [0.25, 0.3) is 0 Å². The van der Waals surface area contributed by atoms with E-state index in [-0.39, 0.29) is 36.7 Å². The maximum atomic E-state index is 12.5. The Kier molecular flexibility index (Phi) is 4.92. The van der Waals surface area contributed by atoms with Gasteiger partial charge in [-0.05, 0) is 17.7 Å². The third-order valence-electron chi connectivity index (χ3n) is 4.47. The number of nitrogens with zero attached hydrogens (tertiary/aromatic N) is 2. The summed E-state index contributed by atoms with van der Waals surface area (Å²) in [6, 6.07) is 5.40. The second-order valence-electron chi connectivity index (χ2n) is 6.70. The molecule has 3 amide bonds. The van der Waals surface area contributed by atoms with Gasteiger partial charge in [0.05, 0.1) is 12.1 Å². The molecule has 2 heterocycles. The standard InChI is InChI=1S/C18H23N3O4/c1-12(2)18(24)21-7-5-20(6-8-21)17(23)10-13-3-4-15-14(9-13)19-16(22)11-25-15/h3-4,9,12H,5-8,10-11H2,1-2H3,(H,19,22). The van der Waals surface area contributed by atoms with E-state index in [4.69, 9.17) is 4.74 Å². The van der Waals surface area contributed by atoms with Crippen LogP contribution in [0.5, 0.6) is 5.75 Å². The monoisotopic (exact) mass is 345 g/mol. The van der Waals surface area contributed by atoms with Gasteiger partial charge in [-0.15, -0.1) is 0 Å². The van der Waals surface area contributed by atoms with E-state index in [1.54, 1.807) is 17.0 Å². The van der Waals surface area contributed by atoms with Gasteiger partial charge in [-0.1, -0.05) is 19.9 Å². The van der Waals surface area contributed by atoms with Crippen LogP contribution in [0.1, 0.15) is 19.4 Å². The fraction of sp³-hybridized carbons (Fsp3) is 0.500. The average molecular weight is 345 g/mol. The molecule has 1 saturated heterocycles. The average Bonchev–Trinajstić information content (AvgIpc) is 2.60. The molecule has 7 nitrogen and oxygen atoms in total. The summed E-state index contributed by atoms with van der Waals surface area (Å²) in [6.07, 6.45) is 0.265. The smallest absolute Gasteiger partial charge is 0.262 e. The normalized spacial score (nSPS) is 17.0. The summed E-state index contributed by atoms with van der Waals surface area (Å²) < 4.78 is 5.32. The van der Waals surface area contributed by atoms with Crippen LogP contribution in [0.3, 0.4) is 0 Å². The first-order valence-corrected chi connectivity index (χ1v) is 8.56. The number of hydrogen-bond acceptors (Lipinski definition) is 4. The van der Waals surface area contributed by atoms with E-state index in [0.717, 1.165) is 5.56 Å².